The lowest BCUT2D eigenvalue weighted by atomic mass is 9.84. The highest BCUT2D eigenvalue weighted by atomic mass is 15.1. The Balaban J connectivity index is 2.43. The van der Waals surface area contributed by atoms with Crippen LogP contribution < -0.4 is 5.32 Å². The van der Waals surface area contributed by atoms with E-state index < -0.39 is 0 Å². The largest absolute Gasteiger partial charge is 0.314 e. The summed E-state index contributed by atoms with van der Waals surface area (Å²) in [5.41, 5.74) is 0.362. The quantitative estimate of drug-likeness (QED) is 0.753. The maximum atomic E-state index is 3.59. The van der Waals surface area contributed by atoms with Crippen LogP contribution in [0.3, 0.4) is 0 Å². The van der Waals surface area contributed by atoms with E-state index in [2.05, 4.69) is 44.8 Å². The smallest absolute Gasteiger partial charge is 0.0102 e. The predicted octanol–water partition coefficient (Wildman–Crippen LogP) is 3.91. The van der Waals surface area contributed by atoms with Gasteiger partial charge in [-0.3, -0.25) is 0 Å². The molecule has 2 unspecified atom stereocenters. The topological polar surface area (TPSA) is 15.3 Å². The Hall–Kier alpha value is -0.0800. The van der Waals surface area contributed by atoms with Crippen molar-refractivity contribution in [3.05, 3.63) is 0 Å². The summed E-state index contributed by atoms with van der Waals surface area (Å²) in [6.07, 6.45) is 7.06. The molecule has 1 saturated heterocycles. The van der Waals surface area contributed by atoms with Crippen molar-refractivity contribution < 1.29 is 0 Å². The molecule has 0 bridgehead atoms. The van der Waals surface area contributed by atoms with Gasteiger partial charge in [0.1, 0.15) is 0 Å². The maximum absolute atomic E-state index is 3.59. The summed E-state index contributed by atoms with van der Waals surface area (Å²) in [7, 11) is 0. The molecule has 114 valence electrons. The van der Waals surface area contributed by atoms with Gasteiger partial charge in [-0.1, -0.05) is 40.5 Å². The summed E-state index contributed by atoms with van der Waals surface area (Å²) < 4.78 is 0. The van der Waals surface area contributed by atoms with Crippen LogP contribution in [0.5, 0.6) is 0 Å². The van der Waals surface area contributed by atoms with Gasteiger partial charge in [0.25, 0.3) is 0 Å². The van der Waals surface area contributed by atoms with Gasteiger partial charge < -0.3 is 10.2 Å². The summed E-state index contributed by atoms with van der Waals surface area (Å²) in [4.78, 5) is 2.71. The molecule has 0 amide bonds. The van der Waals surface area contributed by atoms with Gasteiger partial charge in [0.15, 0.2) is 0 Å². The molecule has 1 rings (SSSR count). The Morgan fingerprint density at radius 2 is 1.95 bits per heavy atom. The van der Waals surface area contributed by atoms with Gasteiger partial charge in [0, 0.05) is 12.6 Å². The average molecular weight is 268 g/mol. The van der Waals surface area contributed by atoms with Crippen molar-refractivity contribution in [1.29, 1.82) is 0 Å². The van der Waals surface area contributed by atoms with E-state index in [4.69, 9.17) is 0 Å². The average Bonchev–Trinajstić information content (AvgIpc) is 2.55. The molecule has 0 aliphatic carbocycles. The summed E-state index contributed by atoms with van der Waals surface area (Å²) in [6.45, 7) is 16.6. The van der Waals surface area contributed by atoms with E-state index in [0.29, 0.717) is 11.5 Å². The second-order valence-corrected chi connectivity index (χ2v) is 7.13. The van der Waals surface area contributed by atoms with Crippen LogP contribution in [0.15, 0.2) is 0 Å². The highest BCUT2D eigenvalue weighted by molar-refractivity contribution is 4.84. The van der Waals surface area contributed by atoms with Crippen LogP contribution in [-0.4, -0.2) is 37.1 Å². The van der Waals surface area contributed by atoms with Gasteiger partial charge in [0.05, 0.1) is 0 Å². The van der Waals surface area contributed by atoms with Gasteiger partial charge in [0.2, 0.25) is 0 Å². The Morgan fingerprint density at radius 1 is 1.21 bits per heavy atom. The lowest BCUT2D eigenvalue weighted by molar-refractivity contribution is 0.145. The minimum atomic E-state index is 0.362. The summed E-state index contributed by atoms with van der Waals surface area (Å²) in [5, 5.41) is 3.59. The molecule has 19 heavy (non-hydrogen) atoms. The van der Waals surface area contributed by atoms with Crippen LogP contribution in [-0.2, 0) is 0 Å². The van der Waals surface area contributed by atoms with E-state index in [9.17, 15) is 0 Å². The molecule has 2 atom stereocenters. The van der Waals surface area contributed by atoms with Gasteiger partial charge >= 0.3 is 0 Å². The van der Waals surface area contributed by atoms with Crippen molar-refractivity contribution in [3.8, 4) is 0 Å². The fourth-order valence-electron chi connectivity index (χ4n) is 3.38. The summed E-state index contributed by atoms with van der Waals surface area (Å²) in [5.74, 6) is 0.990. The molecular weight excluding hydrogens is 232 g/mol. The number of likely N-dealkylation sites (tertiary alicyclic amines) is 1. The fourth-order valence-corrected chi connectivity index (χ4v) is 3.38. The Bertz CT molecular complexity index is 237. The molecule has 2 nitrogen and oxygen atoms in total. The summed E-state index contributed by atoms with van der Waals surface area (Å²) in [6, 6.07) is 0.590. The minimum absolute atomic E-state index is 0.362. The van der Waals surface area contributed by atoms with Gasteiger partial charge in [-0.25, -0.2) is 0 Å². The number of nitrogens with one attached hydrogen (secondary N) is 1. The van der Waals surface area contributed by atoms with Crippen molar-refractivity contribution in [2.24, 2.45) is 11.3 Å². The standard InChI is InChI=1S/C17H36N2/c1-6-9-16-10-8-12-19(13-11-16)14-17(4,5)15(3)18-7-2/h15-16,18H,6-14H2,1-5H3. The molecule has 0 saturated carbocycles. The molecule has 1 N–H and O–H groups in total. The highest BCUT2D eigenvalue weighted by Crippen LogP contribution is 2.26. The van der Waals surface area contributed by atoms with Gasteiger partial charge in [-0.15, -0.1) is 0 Å². The molecule has 0 spiro atoms. The molecule has 1 fully saturated rings. The zero-order valence-corrected chi connectivity index (χ0v) is 14.0. The zero-order chi connectivity index (χ0) is 14.3. The monoisotopic (exact) mass is 268 g/mol. The second-order valence-electron chi connectivity index (χ2n) is 7.13. The van der Waals surface area contributed by atoms with Gasteiger partial charge in [-0.2, -0.15) is 0 Å². The number of rotatable bonds is 7. The van der Waals surface area contributed by atoms with Crippen LogP contribution in [0.4, 0.5) is 0 Å². The third kappa shape index (κ3) is 5.83. The fraction of sp³-hybridized carbons (Fsp3) is 1.00. The molecule has 1 aliphatic rings. The van der Waals surface area contributed by atoms with E-state index in [0.717, 1.165) is 12.5 Å². The van der Waals surface area contributed by atoms with Crippen molar-refractivity contribution >= 4 is 0 Å². The molecule has 0 radical (unpaired) electrons. The third-order valence-electron chi connectivity index (χ3n) is 4.95. The normalized spacial score (nSPS) is 24.2. The first-order valence-electron chi connectivity index (χ1n) is 8.45. The Morgan fingerprint density at radius 3 is 2.58 bits per heavy atom. The lowest BCUT2D eigenvalue weighted by Crippen LogP contribution is -2.47. The van der Waals surface area contributed by atoms with Crippen molar-refractivity contribution in [2.45, 2.75) is 72.8 Å². The van der Waals surface area contributed by atoms with Crippen LogP contribution >= 0.6 is 0 Å². The molecule has 0 aromatic rings. The number of hydrogen-bond donors (Lipinski definition) is 1. The van der Waals surface area contributed by atoms with Crippen molar-refractivity contribution in [1.82, 2.24) is 10.2 Å². The van der Waals surface area contributed by atoms with Crippen LogP contribution in [0.1, 0.15) is 66.7 Å². The maximum Gasteiger partial charge on any atom is 0.0102 e. The minimum Gasteiger partial charge on any atom is -0.314 e. The van der Waals surface area contributed by atoms with Crippen LogP contribution in [0, 0.1) is 11.3 Å². The van der Waals surface area contributed by atoms with E-state index >= 15 is 0 Å². The molecule has 0 aromatic heterocycles. The molecular formula is C17H36N2. The number of hydrogen-bond acceptors (Lipinski definition) is 2. The third-order valence-corrected chi connectivity index (χ3v) is 4.95. The predicted molar refractivity (Wildman–Crippen MR) is 85.6 cm³/mol. The first kappa shape index (κ1) is 17.0. The molecule has 2 heteroatoms. The lowest BCUT2D eigenvalue weighted by Gasteiger charge is -2.37. The molecule has 1 heterocycles. The van der Waals surface area contributed by atoms with E-state index in [-0.39, 0.29) is 0 Å². The zero-order valence-electron chi connectivity index (χ0n) is 14.0. The van der Waals surface area contributed by atoms with E-state index in [1.54, 1.807) is 0 Å². The number of nitrogens with zero attached hydrogens (tertiary/aromatic N) is 1. The first-order chi connectivity index (χ1) is 8.99. The van der Waals surface area contributed by atoms with Crippen molar-refractivity contribution in [2.75, 3.05) is 26.2 Å². The van der Waals surface area contributed by atoms with E-state index in [1.165, 1.54) is 51.7 Å². The summed E-state index contributed by atoms with van der Waals surface area (Å²) >= 11 is 0. The Kier molecular flexibility index (Phi) is 7.38. The highest BCUT2D eigenvalue weighted by Gasteiger charge is 2.28. The van der Waals surface area contributed by atoms with E-state index in [1.807, 2.05) is 0 Å². The van der Waals surface area contributed by atoms with Crippen molar-refractivity contribution in [3.63, 3.8) is 0 Å². The second kappa shape index (κ2) is 8.26. The molecule has 1 aliphatic heterocycles. The van der Waals surface area contributed by atoms with Gasteiger partial charge in [-0.05, 0) is 57.2 Å². The van der Waals surface area contributed by atoms with Crippen LogP contribution in [0.2, 0.25) is 0 Å². The molecule has 0 aromatic carbocycles. The SMILES string of the molecule is CCCC1CCCN(CC(C)(C)C(C)NCC)CC1. The van der Waals surface area contributed by atoms with Crippen LogP contribution in [0.25, 0.3) is 0 Å². The first-order valence-corrected chi connectivity index (χ1v) is 8.45. The Labute approximate surface area is 121 Å².